The van der Waals surface area contributed by atoms with Crippen LogP contribution in [-0.2, 0) is 0 Å². The van der Waals surface area contributed by atoms with Crippen molar-refractivity contribution in [3.05, 3.63) is 30.5 Å². The maximum atomic E-state index is 10.0. The van der Waals surface area contributed by atoms with Crippen LogP contribution in [0.25, 0.3) is 10.9 Å². The summed E-state index contributed by atoms with van der Waals surface area (Å²) < 4.78 is 2.00. The van der Waals surface area contributed by atoms with Crippen LogP contribution >= 0.6 is 0 Å². The van der Waals surface area contributed by atoms with Crippen molar-refractivity contribution in [2.45, 2.75) is 37.8 Å². The van der Waals surface area contributed by atoms with Crippen LogP contribution in [0.4, 0.5) is 0 Å². The van der Waals surface area contributed by atoms with Crippen molar-refractivity contribution in [1.29, 1.82) is 0 Å². The Morgan fingerprint density at radius 3 is 2.88 bits per heavy atom. The molecule has 1 aliphatic rings. The maximum Gasteiger partial charge on any atom is 0.0785 e. The van der Waals surface area contributed by atoms with Gasteiger partial charge in [0.1, 0.15) is 0 Å². The number of nitrogens with zero attached hydrogens (tertiary/aromatic N) is 2. The summed E-state index contributed by atoms with van der Waals surface area (Å²) in [5.41, 5.74) is 1.13. The summed E-state index contributed by atoms with van der Waals surface area (Å²) >= 11 is 0. The minimum absolute atomic E-state index is 0.161. The summed E-state index contributed by atoms with van der Waals surface area (Å²) in [6, 6.07) is 8.34. The van der Waals surface area contributed by atoms with Crippen LogP contribution in [0.15, 0.2) is 30.5 Å². The Kier molecular flexibility index (Phi) is 2.40. The molecule has 2 aromatic rings. The molecule has 1 fully saturated rings. The van der Waals surface area contributed by atoms with Crippen molar-refractivity contribution >= 4 is 10.9 Å². The van der Waals surface area contributed by atoms with Crippen molar-refractivity contribution in [1.82, 2.24) is 9.78 Å². The number of aliphatic hydroxyl groups is 1. The molecular weight excluding hydrogens is 200 g/mol. The van der Waals surface area contributed by atoms with E-state index in [2.05, 4.69) is 17.2 Å². The second kappa shape index (κ2) is 3.91. The van der Waals surface area contributed by atoms with Crippen molar-refractivity contribution in [2.24, 2.45) is 0 Å². The van der Waals surface area contributed by atoms with E-state index in [-0.39, 0.29) is 12.1 Å². The predicted molar refractivity (Wildman–Crippen MR) is 63.2 cm³/mol. The first kappa shape index (κ1) is 9.85. The van der Waals surface area contributed by atoms with Crippen LogP contribution < -0.4 is 0 Å². The van der Waals surface area contributed by atoms with Crippen LogP contribution in [0.1, 0.15) is 31.7 Å². The number of hydrogen-bond acceptors (Lipinski definition) is 2. The molecule has 1 aromatic carbocycles. The van der Waals surface area contributed by atoms with E-state index in [0.717, 1.165) is 30.2 Å². The van der Waals surface area contributed by atoms with Crippen LogP contribution in [0.3, 0.4) is 0 Å². The molecular formula is C13H16N2O. The molecule has 1 N–H and O–H groups in total. The first-order chi connectivity index (χ1) is 7.86. The Morgan fingerprint density at radius 2 is 2.00 bits per heavy atom. The largest absolute Gasteiger partial charge is 0.391 e. The molecule has 0 spiro atoms. The van der Waals surface area contributed by atoms with Gasteiger partial charge in [0.05, 0.1) is 23.9 Å². The van der Waals surface area contributed by atoms with E-state index in [9.17, 15) is 5.11 Å². The van der Waals surface area contributed by atoms with E-state index < -0.39 is 0 Å². The highest BCUT2D eigenvalue weighted by molar-refractivity contribution is 5.78. The van der Waals surface area contributed by atoms with Gasteiger partial charge in [-0.15, -0.1) is 0 Å². The van der Waals surface area contributed by atoms with Gasteiger partial charge in [0.25, 0.3) is 0 Å². The smallest absolute Gasteiger partial charge is 0.0785 e. The van der Waals surface area contributed by atoms with Gasteiger partial charge in [-0.05, 0) is 18.9 Å². The van der Waals surface area contributed by atoms with Gasteiger partial charge in [-0.2, -0.15) is 5.10 Å². The zero-order valence-electron chi connectivity index (χ0n) is 9.21. The number of aliphatic hydroxyl groups excluding tert-OH is 1. The molecule has 0 radical (unpaired) electrons. The summed E-state index contributed by atoms with van der Waals surface area (Å²) in [4.78, 5) is 0. The molecule has 1 aliphatic carbocycles. The van der Waals surface area contributed by atoms with Gasteiger partial charge in [0.2, 0.25) is 0 Å². The lowest BCUT2D eigenvalue weighted by Crippen LogP contribution is -2.28. The summed E-state index contributed by atoms with van der Waals surface area (Å²) in [5.74, 6) is 0. The van der Waals surface area contributed by atoms with Gasteiger partial charge in [0.15, 0.2) is 0 Å². The van der Waals surface area contributed by atoms with Crippen molar-refractivity contribution in [3.8, 4) is 0 Å². The molecule has 1 saturated carbocycles. The topological polar surface area (TPSA) is 38.0 Å². The number of aromatic nitrogens is 2. The first-order valence-corrected chi connectivity index (χ1v) is 5.96. The molecule has 0 aliphatic heterocycles. The summed E-state index contributed by atoms with van der Waals surface area (Å²) in [7, 11) is 0. The van der Waals surface area contributed by atoms with E-state index in [4.69, 9.17) is 0 Å². The fraction of sp³-hybridized carbons (Fsp3) is 0.462. The molecule has 0 amide bonds. The standard InChI is InChI=1S/C13H16N2O/c16-13-8-4-3-7-12(13)15-11-6-2-1-5-10(11)9-14-15/h1-2,5-6,9,12-13,16H,3-4,7-8H2/t12-,13-/m0/s1. The molecule has 16 heavy (non-hydrogen) atoms. The minimum Gasteiger partial charge on any atom is -0.391 e. The van der Waals surface area contributed by atoms with E-state index in [0.29, 0.717) is 0 Å². The lowest BCUT2D eigenvalue weighted by Gasteiger charge is -2.28. The highest BCUT2D eigenvalue weighted by atomic mass is 16.3. The quantitative estimate of drug-likeness (QED) is 0.795. The van der Waals surface area contributed by atoms with E-state index in [1.165, 1.54) is 6.42 Å². The van der Waals surface area contributed by atoms with Gasteiger partial charge >= 0.3 is 0 Å². The predicted octanol–water partition coefficient (Wildman–Crippen LogP) is 2.51. The van der Waals surface area contributed by atoms with Gasteiger partial charge in [0, 0.05) is 5.39 Å². The Bertz CT molecular complexity index is 491. The number of para-hydroxylation sites is 1. The molecule has 84 valence electrons. The lowest BCUT2D eigenvalue weighted by atomic mass is 9.92. The third-order valence-corrected chi connectivity index (χ3v) is 3.51. The Labute approximate surface area is 94.7 Å². The number of rotatable bonds is 1. The first-order valence-electron chi connectivity index (χ1n) is 5.96. The zero-order chi connectivity index (χ0) is 11.0. The van der Waals surface area contributed by atoms with E-state index >= 15 is 0 Å². The summed E-state index contributed by atoms with van der Waals surface area (Å²) in [6.45, 7) is 0. The fourth-order valence-electron chi connectivity index (χ4n) is 2.63. The third kappa shape index (κ3) is 1.52. The van der Waals surface area contributed by atoms with Gasteiger partial charge < -0.3 is 5.11 Å². The molecule has 3 rings (SSSR count). The SMILES string of the molecule is O[C@H]1CCCC[C@@H]1n1ncc2ccccc21. The monoisotopic (exact) mass is 216 g/mol. The van der Waals surface area contributed by atoms with E-state index in [1.54, 1.807) is 0 Å². The van der Waals surface area contributed by atoms with Gasteiger partial charge in [-0.1, -0.05) is 31.0 Å². The van der Waals surface area contributed by atoms with E-state index in [1.807, 2.05) is 23.0 Å². The summed E-state index contributed by atoms with van der Waals surface area (Å²) in [6.07, 6.45) is 5.91. The molecule has 2 atom stereocenters. The normalized spacial score (nSPS) is 26.1. The molecule has 1 heterocycles. The minimum atomic E-state index is -0.239. The number of hydrogen-bond donors (Lipinski definition) is 1. The average molecular weight is 216 g/mol. The molecule has 3 heteroatoms. The highest BCUT2D eigenvalue weighted by Gasteiger charge is 2.26. The second-order valence-corrected chi connectivity index (χ2v) is 4.57. The fourth-order valence-corrected chi connectivity index (χ4v) is 2.63. The molecule has 0 saturated heterocycles. The Morgan fingerprint density at radius 1 is 1.19 bits per heavy atom. The molecule has 3 nitrogen and oxygen atoms in total. The van der Waals surface area contributed by atoms with Gasteiger partial charge in [-0.25, -0.2) is 0 Å². The van der Waals surface area contributed by atoms with Crippen molar-refractivity contribution in [2.75, 3.05) is 0 Å². The Balaban J connectivity index is 2.04. The third-order valence-electron chi connectivity index (χ3n) is 3.51. The van der Waals surface area contributed by atoms with Crippen LogP contribution in [0.5, 0.6) is 0 Å². The second-order valence-electron chi connectivity index (χ2n) is 4.57. The number of benzene rings is 1. The average Bonchev–Trinajstić information content (AvgIpc) is 2.74. The van der Waals surface area contributed by atoms with Crippen molar-refractivity contribution in [3.63, 3.8) is 0 Å². The summed E-state index contributed by atoms with van der Waals surface area (Å²) in [5, 5.41) is 15.6. The van der Waals surface area contributed by atoms with Crippen LogP contribution in [-0.4, -0.2) is 21.0 Å². The zero-order valence-corrected chi connectivity index (χ0v) is 9.21. The Hall–Kier alpha value is -1.35. The molecule has 1 aromatic heterocycles. The van der Waals surface area contributed by atoms with Crippen LogP contribution in [0.2, 0.25) is 0 Å². The molecule has 0 unspecified atom stereocenters. The number of fused-ring (bicyclic) bond motifs is 1. The molecule has 0 bridgehead atoms. The van der Waals surface area contributed by atoms with Crippen molar-refractivity contribution < 1.29 is 5.11 Å². The maximum absolute atomic E-state index is 10.0. The van der Waals surface area contributed by atoms with Crippen LogP contribution in [0, 0.1) is 0 Å². The lowest BCUT2D eigenvalue weighted by molar-refractivity contribution is 0.0716. The van der Waals surface area contributed by atoms with Gasteiger partial charge in [-0.3, -0.25) is 4.68 Å². The highest BCUT2D eigenvalue weighted by Crippen LogP contribution is 2.30.